The van der Waals surface area contributed by atoms with Crippen LogP contribution in [0.15, 0.2) is 35.9 Å². The maximum atomic E-state index is 11.0. The monoisotopic (exact) mass is 205 g/mol. The molecule has 3 heteroatoms. The van der Waals surface area contributed by atoms with Crippen LogP contribution in [0.3, 0.4) is 0 Å². The van der Waals surface area contributed by atoms with E-state index < -0.39 is 5.91 Å². The third kappa shape index (κ3) is 3.46. The van der Waals surface area contributed by atoms with Crippen LogP contribution in [0, 0.1) is 0 Å². The number of hydrogen-bond acceptors (Lipinski definition) is 2. The average Bonchev–Trinajstić information content (AvgIpc) is 2.17. The summed E-state index contributed by atoms with van der Waals surface area (Å²) in [7, 11) is 0. The van der Waals surface area contributed by atoms with Gasteiger partial charge in [-0.15, -0.1) is 0 Å². The Morgan fingerprint density at radius 2 is 2.07 bits per heavy atom. The molecule has 0 aliphatic heterocycles. The van der Waals surface area contributed by atoms with Gasteiger partial charge in [0.25, 0.3) is 5.91 Å². The van der Waals surface area contributed by atoms with Crippen molar-refractivity contribution in [2.45, 2.75) is 13.8 Å². The molecule has 0 radical (unpaired) electrons. The van der Waals surface area contributed by atoms with Crippen molar-refractivity contribution in [1.82, 2.24) is 0 Å². The van der Waals surface area contributed by atoms with Gasteiger partial charge in [-0.25, -0.2) is 0 Å². The van der Waals surface area contributed by atoms with Gasteiger partial charge in [0.15, 0.2) is 0 Å². The quantitative estimate of drug-likeness (QED) is 0.765. The minimum Gasteiger partial charge on any atom is -0.489 e. The maximum absolute atomic E-state index is 11.0. The molecule has 0 spiro atoms. The van der Waals surface area contributed by atoms with Crippen molar-refractivity contribution in [3.05, 3.63) is 41.5 Å². The van der Waals surface area contributed by atoms with Crippen molar-refractivity contribution < 1.29 is 9.53 Å². The number of para-hydroxylation sites is 1. The summed E-state index contributed by atoms with van der Waals surface area (Å²) in [5, 5.41) is 0. The fourth-order valence-corrected chi connectivity index (χ4v) is 1.09. The van der Waals surface area contributed by atoms with Crippen molar-refractivity contribution in [3.63, 3.8) is 0 Å². The molecule has 1 rings (SSSR count). The van der Waals surface area contributed by atoms with E-state index in [2.05, 4.69) is 0 Å². The number of hydrogen-bond donors (Lipinski definition) is 1. The number of benzene rings is 1. The van der Waals surface area contributed by atoms with E-state index in [1.807, 2.05) is 26.0 Å². The Labute approximate surface area is 89.5 Å². The Bertz CT molecular complexity index is 379. The van der Waals surface area contributed by atoms with E-state index in [0.717, 1.165) is 0 Å². The molecule has 1 amide bonds. The molecule has 0 aliphatic carbocycles. The normalized spacial score (nSPS) is 9.47. The minimum atomic E-state index is -0.470. The number of carbonyl (C=O) groups excluding carboxylic acids is 1. The van der Waals surface area contributed by atoms with Gasteiger partial charge in [-0.05, 0) is 32.1 Å². The van der Waals surface area contributed by atoms with E-state index in [0.29, 0.717) is 17.9 Å². The predicted octanol–water partition coefficient (Wildman–Crippen LogP) is 2.13. The van der Waals surface area contributed by atoms with Crippen LogP contribution in [0.5, 0.6) is 5.75 Å². The number of ether oxygens (including phenoxy) is 1. The highest BCUT2D eigenvalue weighted by Gasteiger charge is 2.06. The van der Waals surface area contributed by atoms with E-state index in [4.69, 9.17) is 10.5 Å². The van der Waals surface area contributed by atoms with Gasteiger partial charge in [0.1, 0.15) is 12.4 Å². The molecular weight excluding hydrogens is 190 g/mol. The van der Waals surface area contributed by atoms with E-state index in [9.17, 15) is 4.79 Å². The van der Waals surface area contributed by atoms with E-state index in [-0.39, 0.29) is 0 Å². The van der Waals surface area contributed by atoms with Gasteiger partial charge in [-0.2, -0.15) is 0 Å². The number of amides is 1. The highest BCUT2D eigenvalue weighted by molar-refractivity contribution is 5.95. The summed E-state index contributed by atoms with van der Waals surface area (Å²) in [5.74, 6) is 0.0605. The van der Waals surface area contributed by atoms with Gasteiger partial charge in [0.05, 0.1) is 5.56 Å². The zero-order valence-corrected chi connectivity index (χ0v) is 8.99. The molecule has 1 aromatic rings. The first kappa shape index (κ1) is 11.3. The summed E-state index contributed by atoms with van der Waals surface area (Å²) in [6.45, 7) is 4.43. The lowest BCUT2D eigenvalue weighted by atomic mass is 10.2. The van der Waals surface area contributed by atoms with Crippen LogP contribution in [0.4, 0.5) is 0 Å². The summed E-state index contributed by atoms with van der Waals surface area (Å²) >= 11 is 0. The van der Waals surface area contributed by atoms with Crippen LogP contribution in [0.1, 0.15) is 24.2 Å². The standard InChI is InChI=1S/C12H15NO2/c1-9(2)7-8-15-11-6-4-3-5-10(11)12(13)14/h3-7H,8H2,1-2H3,(H2,13,14). The Kier molecular flexibility index (Phi) is 3.92. The predicted molar refractivity (Wildman–Crippen MR) is 59.9 cm³/mol. The minimum absolute atomic E-state index is 0.416. The number of allylic oxidation sites excluding steroid dienone is 1. The second-order valence-electron chi connectivity index (χ2n) is 3.45. The van der Waals surface area contributed by atoms with Crippen molar-refractivity contribution in [3.8, 4) is 5.75 Å². The van der Waals surface area contributed by atoms with Crippen LogP contribution in [0.2, 0.25) is 0 Å². The van der Waals surface area contributed by atoms with Gasteiger partial charge < -0.3 is 10.5 Å². The second kappa shape index (κ2) is 5.20. The summed E-state index contributed by atoms with van der Waals surface area (Å²) < 4.78 is 5.43. The molecule has 0 heterocycles. The molecule has 15 heavy (non-hydrogen) atoms. The van der Waals surface area contributed by atoms with Crippen molar-refractivity contribution in [2.75, 3.05) is 6.61 Å². The molecule has 3 nitrogen and oxygen atoms in total. The lowest BCUT2D eigenvalue weighted by Crippen LogP contribution is -2.12. The SMILES string of the molecule is CC(C)=CCOc1ccccc1C(N)=O. The van der Waals surface area contributed by atoms with E-state index >= 15 is 0 Å². The first-order chi connectivity index (χ1) is 7.11. The molecular formula is C12H15NO2. The highest BCUT2D eigenvalue weighted by Crippen LogP contribution is 2.17. The molecule has 0 fully saturated rings. The number of rotatable bonds is 4. The summed E-state index contributed by atoms with van der Waals surface area (Å²) in [5.41, 5.74) is 6.80. The summed E-state index contributed by atoms with van der Waals surface area (Å²) in [6, 6.07) is 6.96. The van der Waals surface area contributed by atoms with Crippen LogP contribution < -0.4 is 10.5 Å². The zero-order chi connectivity index (χ0) is 11.3. The topological polar surface area (TPSA) is 52.3 Å². The second-order valence-corrected chi connectivity index (χ2v) is 3.45. The van der Waals surface area contributed by atoms with Gasteiger partial charge in [0, 0.05) is 0 Å². The van der Waals surface area contributed by atoms with E-state index in [1.54, 1.807) is 18.2 Å². The van der Waals surface area contributed by atoms with Crippen molar-refractivity contribution in [2.24, 2.45) is 5.73 Å². The first-order valence-corrected chi connectivity index (χ1v) is 4.76. The lowest BCUT2D eigenvalue weighted by molar-refractivity contribution is 0.0997. The Morgan fingerprint density at radius 3 is 2.67 bits per heavy atom. The van der Waals surface area contributed by atoms with Crippen molar-refractivity contribution >= 4 is 5.91 Å². The fourth-order valence-electron chi connectivity index (χ4n) is 1.09. The third-order valence-corrected chi connectivity index (χ3v) is 1.88. The summed E-state index contributed by atoms with van der Waals surface area (Å²) in [6.07, 6.45) is 1.94. The van der Waals surface area contributed by atoms with Crippen molar-refractivity contribution in [1.29, 1.82) is 0 Å². The molecule has 0 aliphatic rings. The number of nitrogens with two attached hydrogens (primary N) is 1. The lowest BCUT2D eigenvalue weighted by Gasteiger charge is -2.07. The first-order valence-electron chi connectivity index (χ1n) is 4.76. The molecule has 1 aromatic carbocycles. The number of primary amides is 1. The highest BCUT2D eigenvalue weighted by atomic mass is 16.5. The zero-order valence-electron chi connectivity index (χ0n) is 8.99. The van der Waals surface area contributed by atoms with Crippen LogP contribution in [-0.2, 0) is 0 Å². The molecule has 0 aromatic heterocycles. The Balaban J connectivity index is 2.76. The van der Waals surface area contributed by atoms with Gasteiger partial charge in [-0.3, -0.25) is 4.79 Å². The fraction of sp³-hybridized carbons (Fsp3) is 0.250. The molecule has 0 unspecified atom stereocenters. The van der Waals surface area contributed by atoms with Crippen LogP contribution in [0.25, 0.3) is 0 Å². The maximum Gasteiger partial charge on any atom is 0.252 e. The molecule has 0 saturated heterocycles. The Hall–Kier alpha value is -1.77. The average molecular weight is 205 g/mol. The van der Waals surface area contributed by atoms with Gasteiger partial charge >= 0.3 is 0 Å². The largest absolute Gasteiger partial charge is 0.489 e. The molecule has 0 saturated carbocycles. The third-order valence-electron chi connectivity index (χ3n) is 1.88. The van der Waals surface area contributed by atoms with Gasteiger partial charge in [0.2, 0.25) is 0 Å². The summed E-state index contributed by atoms with van der Waals surface area (Å²) in [4.78, 5) is 11.0. The number of carbonyl (C=O) groups is 1. The molecule has 0 atom stereocenters. The van der Waals surface area contributed by atoms with Crippen LogP contribution >= 0.6 is 0 Å². The smallest absolute Gasteiger partial charge is 0.252 e. The van der Waals surface area contributed by atoms with E-state index in [1.165, 1.54) is 5.57 Å². The van der Waals surface area contributed by atoms with Gasteiger partial charge in [-0.1, -0.05) is 17.7 Å². The Morgan fingerprint density at radius 1 is 1.40 bits per heavy atom. The molecule has 0 bridgehead atoms. The molecule has 2 N–H and O–H groups in total. The van der Waals surface area contributed by atoms with Crippen LogP contribution in [-0.4, -0.2) is 12.5 Å². The molecule has 80 valence electrons.